The van der Waals surface area contributed by atoms with Crippen LogP contribution < -0.4 is 10.6 Å². The molecule has 1 fully saturated rings. The van der Waals surface area contributed by atoms with E-state index in [1.54, 1.807) is 7.05 Å². The number of hydrogen-bond acceptors (Lipinski definition) is 2. The molecule has 1 aliphatic heterocycles. The average Bonchev–Trinajstić information content (AvgIpc) is 2.85. The average molecular weight is 368 g/mol. The molecule has 0 aromatic heterocycles. The molecule has 1 heterocycles. The number of rotatable bonds is 5. The first-order valence-corrected chi connectivity index (χ1v) is 6.50. The maximum atomic E-state index is 11.4. The largest absolute Gasteiger partial charge is 0.356 e. The highest BCUT2D eigenvalue weighted by Gasteiger charge is 2.15. The van der Waals surface area contributed by atoms with E-state index >= 15 is 0 Å². The lowest BCUT2D eigenvalue weighted by atomic mass is 10.4. The quantitative estimate of drug-likeness (QED) is 0.436. The van der Waals surface area contributed by atoms with Crippen LogP contribution in [0, 0.1) is 0 Å². The van der Waals surface area contributed by atoms with Crippen LogP contribution in [0.3, 0.4) is 0 Å². The Morgan fingerprint density at radius 1 is 1.22 bits per heavy atom. The predicted molar refractivity (Wildman–Crippen MR) is 85.5 cm³/mol. The zero-order chi connectivity index (χ0) is 12.5. The first kappa shape index (κ1) is 17.5. The first-order valence-electron chi connectivity index (χ1n) is 6.50. The van der Waals surface area contributed by atoms with Crippen molar-refractivity contribution in [3.63, 3.8) is 0 Å². The summed E-state index contributed by atoms with van der Waals surface area (Å²) in [5, 5.41) is 6.09. The fraction of sp³-hybridized carbons (Fsp3) is 0.833. The Morgan fingerprint density at radius 3 is 2.44 bits per heavy atom. The molecule has 0 aliphatic carbocycles. The number of nitrogens with one attached hydrogen (secondary N) is 2. The van der Waals surface area contributed by atoms with E-state index in [0.717, 1.165) is 32.0 Å². The summed E-state index contributed by atoms with van der Waals surface area (Å²) < 4.78 is 0. The van der Waals surface area contributed by atoms with Crippen molar-refractivity contribution in [3.8, 4) is 0 Å². The van der Waals surface area contributed by atoms with Crippen LogP contribution in [0.25, 0.3) is 0 Å². The molecule has 0 spiro atoms. The highest BCUT2D eigenvalue weighted by atomic mass is 127. The van der Waals surface area contributed by atoms with Crippen LogP contribution in [0.1, 0.15) is 32.6 Å². The van der Waals surface area contributed by atoms with Crippen molar-refractivity contribution in [2.24, 2.45) is 4.99 Å². The van der Waals surface area contributed by atoms with E-state index in [-0.39, 0.29) is 29.9 Å². The molecule has 6 heteroatoms. The van der Waals surface area contributed by atoms with Crippen molar-refractivity contribution in [1.29, 1.82) is 0 Å². The molecule has 0 unspecified atom stereocenters. The number of halogens is 1. The maximum absolute atomic E-state index is 11.4. The molecule has 2 N–H and O–H groups in total. The molecular weight excluding hydrogens is 343 g/mol. The highest BCUT2D eigenvalue weighted by molar-refractivity contribution is 14.0. The molecule has 0 aromatic carbocycles. The van der Waals surface area contributed by atoms with Gasteiger partial charge >= 0.3 is 0 Å². The van der Waals surface area contributed by atoms with Crippen LogP contribution in [0.5, 0.6) is 0 Å². The van der Waals surface area contributed by atoms with Gasteiger partial charge in [-0.2, -0.15) is 0 Å². The summed E-state index contributed by atoms with van der Waals surface area (Å²) in [7, 11) is 1.79. The van der Waals surface area contributed by atoms with Gasteiger partial charge in [-0.1, -0.05) is 6.92 Å². The molecule has 1 aliphatic rings. The fourth-order valence-electron chi connectivity index (χ4n) is 1.90. The Bertz CT molecular complexity index is 265. The highest BCUT2D eigenvalue weighted by Crippen LogP contribution is 2.06. The van der Waals surface area contributed by atoms with Crippen LogP contribution in [-0.2, 0) is 4.79 Å². The van der Waals surface area contributed by atoms with E-state index in [9.17, 15) is 4.79 Å². The predicted octanol–water partition coefficient (Wildman–Crippen LogP) is 1.19. The zero-order valence-corrected chi connectivity index (χ0v) is 13.7. The van der Waals surface area contributed by atoms with Gasteiger partial charge in [0.1, 0.15) is 0 Å². The van der Waals surface area contributed by atoms with Crippen LogP contribution in [-0.4, -0.2) is 50.0 Å². The maximum Gasteiger partial charge on any atom is 0.221 e. The number of carbonyl (C=O) groups excluding carboxylic acids is 1. The third-order valence-electron chi connectivity index (χ3n) is 2.82. The number of hydrogen-bond donors (Lipinski definition) is 2. The summed E-state index contributed by atoms with van der Waals surface area (Å²) in [6.07, 6.45) is 3.96. The van der Waals surface area contributed by atoms with E-state index in [2.05, 4.69) is 20.5 Å². The summed E-state index contributed by atoms with van der Waals surface area (Å²) in [6, 6.07) is 0. The van der Waals surface area contributed by atoms with Crippen LogP contribution in [0.15, 0.2) is 4.99 Å². The smallest absolute Gasteiger partial charge is 0.221 e. The summed E-state index contributed by atoms with van der Waals surface area (Å²) in [6.45, 7) is 5.61. The Labute approximate surface area is 127 Å². The molecule has 1 rings (SSSR count). The zero-order valence-electron chi connectivity index (χ0n) is 11.4. The van der Waals surface area contributed by atoms with Gasteiger partial charge in [-0.3, -0.25) is 9.79 Å². The second-order valence-electron chi connectivity index (χ2n) is 4.27. The first-order chi connectivity index (χ1) is 8.27. The van der Waals surface area contributed by atoms with Crippen molar-refractivity contribution in [1.82, 2.24) is 15.5 Å². The Hall–Kier alpha value is -0.530. The topological polar surface area (TPSA) is 56.7 Å². The number of likely N-dealkylation sites (tertiary alicyclic amines) is 1. The Morgan fingerprint density at radius 2 is 1.89 bits per heavy atom. The molecule has 106 valence electrons. The minimum absolute atomic E-state index is 0. The lowest BCUT2D eigenvalue weighted by molar-refractivity contribution is -0.120. The molecular formula is C12H25IN4O. The molecule has 0 bridgehead atoms. The van der Waals surface area contributed by atoms with Crippen molar-refractivity contribution in [3.05, 3.63) is 0 Å². The summed E-state index contributed by atoms with van der Waals surface area (Å²) in [5.41, 5.74) is 0. The van der Waals surface area contributed by atoms with Gasteiger partial charge < -0.3 is 15.5 Å². The fourth-order valence-corrected chi connectivity index (χ4v) is 1.90. The van der Waals surface area contributed by atoms with Gasteiger partial charge in [0.15, 0.2) is 5.96 Å². The third-order valence-corrected chi connectivity index (χ3v) is 2.82. The van der Waals surface area contributed by atoms with Crippen LogP contribution in [0.4, 0.5) is 0 Å². The lowest BCUT2D eigenvalue weighted by Crippen LogP contribution is -2.41. The standard InChI is InChI=1S/C12H24N4O.HI/c1-3-7-14-11(17)6-8-15-12(13-2)16-9-4-5-10-16;/h3-10H2,1-2H3,(H,13,15)(H,14,17);1H. The molecule has 18 heavy (non-hydrogen) atoms. The monoisotopic (exact) mass is 368 g/mol. The minimum atomic E-state index is 0. The summed E-state index contributed by atoms with van der Waals surface area (Å²) >= 11 is 0. The van der Waals surface area contributed by atoms with Crippen LogP contribution >= 0.6 is 24.0 Å². The number of carbonyl (C=O) groups is 1. The second kappa shape index (κ2) is 10.4. The van der Waals surface area contributed by atoms with Gasteiger partial charge in [-0.25, -0.2) is 0 Å². The van der Waals surface area contributed by atoms with Gasteiger partial charge in [-0.05, 0) is 19.3 Å². The normalized spacial score (nSPS) is 15.2. The van der Waals surface area contributed by atoms with Crippen molar-refractivity contribution in [2.45, 2.75) is 32.6 Å². The molecule has 0 saturated carbocycles. The van der Waals surface area contributed by atoms with Crippen molar-refractivity contribution >= 4 is 35.8 Å². The molecule has 5 nitrogen and oxygen atoms in total. The number of amides is 1. The van der Waals surface area contributed by atoms with Crippen LogP contribution in [0.2, 0.25) is 0 Å². The van der Waals surface area contributed by atoms with Gasteiger partial charge in [0, 0.05) is 39.6 Å². The Kier molecular flexibility index (Phi) is 10.1. The van der Waals surface area contributed by atoms with E-state index in [1.807, 2.05) is 6.92 Å². The summed E-state index contributed by atoms with van der Waals surface area (Å²) in [5.74, 6) is 1.03. The molecule has 0 atom stereocenters. The SMILES string of the molecule is CCCNC(=O)CCNC(=NC)N1CCCC1.I. The van der Waals surface area contributed by atoms with Crippen molar-refractivity contribution < 1.29 is 4.79 Å². The third kappa shape index (κ3) is 6.42. The molecule has 1 saturated heterocycles. The van der Waals surface area contributed by atoms with Gasteiger partial charge in [-0.15, -0.1) is 24.0 Å². The molecule has 0 radical (unpaired) electrons. The van der Waals surface area contributed by atoms with Gasteiger partial charge in [0.05, 0.1) is 0 Å². The van der Waals surface area contributed by atoms with E-state index in [0.29, 0.717) is 13.0 Å². The number of nitrogens with zero attached hydrogens (tertiary/aromatic N) is 2. The van der Waals surface area contributed by atoms with E-state index in [4.69, 9.17) is 0 Å². The molecule has 0 aromatic rings. The van der Waals surface area contributed by atoms with Gasteiger partial charge in [0.2, 0.25) is 5.91 Å². The number of guanidine groups is 1. The van der Waals surface area contributed by atoms with E-state index < -0.39 is 0 Å². The molecule has 1 amide bonds. The second-order valence-corrected chi connectivity index (χ2v) is 4.27. The summed E-state index contributed by atoms with van der Waals surface area (Å²) in [4.78, 5) is 17.9. The lowest BCUT2D eigenvalue weighted by Gasteiger charge is -2.20. The minimum Gasteiger partial charge on any atom is -0.356 e. The Balaban J connectivity index is 0.00000289. The van der Waals surface area contributed by atoms with Gasteiger partial charge in [0.25, 0.3) is 0 Å². The number of aliphatic imine (C=N–C) groups is 1. The van der Waals surface area contributed by atoms with Crippen molar-refractivity contribution in [2.75, 3.05) is 33.2 Å². The van der Waals surface area contributed by atoms with E-state index in [1.165, 1.54) is 12.8 Å².